The predicted molar refractivity (Wildman–Crippen MR) is 105 cm³/mol. The summed E-state index contributed by atoms with van der Waals surface area (Å²) in [4.78, 5) is 16.3. The van der Waals surface area contributed by atoms with Gasteiger partial charge in [0.05, 0.1) is 14.2 Å². The third-order valence-electron chi connectivity index (χ3n) is 5.06. The van der Waals surface area contributed by atoms with Gasteiger partial charge in [0.15, 0.2) is 0 Å². The summed E-state index contributed by atoms with van der Waals surface area (Å²) in [5, 5.41) is 9.83. The van der Waals surface area contributed by atoms with Gasteiger partial charge in [0.2, 0.25) is 0 Å². The molecule has 1 N–H and O–H groups in total. The zero-order chi connectivity index (χ0) is 19.2. The van der Waals surface area contributed by atoms with Gasteiger partial charge >= 0.3 is 5.97 Å². The van der Waals surface area contributed by atoms with E-state index in [0.29, 0.717) is 31.0 Å². The molecule has 6 heteroatoms. The normalized spacial score (nSPS) is 16.0. The fourth-order valence-electron chi connectivity index (χ4n) is 3.55. The van der Waals surface area contributed by atoms with E-state index in [-0.39, 0.29) is 0 Å². The van der Waals surface area contributed by atoms with E-state index in [0.717, 1.165) is 18.7 Å². The maximum atomic E-state index is 12.0. The van der Waals surface area contributed by atoms with Crippen molar-refractivity contribution in [1.82, 2.24) is 4.90 Å². The first kappa shape index (κ1) is 19.0. The van der Waals surface area contributed by atoms with Crippen molar-refractivity contribution in [3.63, 3.8) is 0 Å². The summed E-state index contributed by atoms with van der Waals surface area (Å²) in [6.07, 6.45) is 0.376. The molecule has 0 aliphatic carbocycles. The Hall–Kier alpha value is -2.73. The number of carboxylic acid groups (broad SMARTS) is 1. The number of benzene rings is 2. The number of hydrogen-bond donors (Lipinski definition) is 1. The number of piperazine rings is 1. The maximum absolute atomic E-state index is 12.0. The summed E-state index contributed by atoms with van der Waals surface area (Å²) >= 11 is 0. The van der Waals surface area contributed by atoms with Crippen molar-refractivity contribution in [2.75, 3.05) is 45.3 Å². The van der Waals surface area contributed by atoms with Crippen molar-refractivity contribution in [3.05, 3.63) is 54.1 Å². The van der Waals surface area contributed by atoms with E-state index in [1.54, 1.807) is 14.2 Å². The molecule has 0 spiro atoms. The lowest BCUT2D eigenvalue weighted by molar-refractivity contribution is -0.143. The Morgan fingerprint density at radius 1 is 1.04 bits per heavy atom. The minimum atomic E-state index is -0.812. The molecule has 0 unspecified atom stereocenters. The van der Waals surface area contributed by atoms with Crippen LogP contribution < -0.4 is 14.4 Å². The van der Waals surface area contributed by atoms with E-state index in [1.165, 1.54) is 5.69 Å². The van der Waals surface area contributed by atoms with Crippen molar-refractivity contribution in [2.24, 2.45) is 0 Å². The number of ether oxygens (including phenoxy) is 2. The monoisotopic (exact) mass is 370 g/mol. The topological polar surface area (TPSA) is 62.2 Å². The van der Waals surface area contributed by atoms with Crippen LogP contribution in [-0.4, -0.2) is 62.4 Å². The third-order valence-corrected chi connectivity index (χ3v) is 5.06. The van der Waals surface area contributed by atoms with Crippen LogP contribution in [0.4, 0.5) is 5.69 Å². The first-order valence-electron chi connectivity index (χ1n) is 9.10. The van der Waals surface area contributed by atoms with Crippen molar-refractivity contribution >= 4 is 11.7 Å². The van der Waals surface area contributed by atoms with Crippen molar-refractivity contribution in [1.29, 1.82) is 0 Å². The van der Waals surface area contributed by atoms with Gasteiger partial charge in [-0.25, -0.2) is 0 Å². The van der Waals surface area contributed by atoms with Crippen LogP contribution in [0.25, 0.3) is 0 Å². The molecule has 1 aliphatic heterocycles. The Bertz CT molecular complexity index is 758. The molecule has 27 heavy (non-hydrogen) atoms. The maximum Gasteiger partial charge on any atom is 0.321 e. The number of carboxylic acids is 1. The second-order valence-corrected chi connectivity index (χ2v) is 6.59. The molecule has 1 saturated heterocycles. The molecule has 2 aromatic rings. The molecule has 0 amide bonds. The number of aliphatic carboxylic acids is 1. The molecular formula is C21H26N2O4. The fourth-order valence-corrected chi connectivity index (χ4v) is 3.55. The van der Waals surface area contributed by atoms with Gasteiger partial charge in [-0.2, -0.15) is 0 Å². The second-order valence-electron chi connectivity index (χ2n) is 6.59. The minimum absolute atomic E-state index is 0.376. The largest absolute Gasteiger partial charge is 0.497 e. The van der Waals surface area contributed by atoms with Crippen LogP contribution in [0.15, 0.2) is 48.5 Å². The summed E-state index contributed by atoms with van der Waals surface area (Å²) in [7, 11) is 3.20. The number of rotatable bonds is 7. The van der Waals surface area contributed by atoms with E-state index in [2.05, 4.69) is 17.0 Å². The molecule has 0 bridgehead atoms. The van der Waals surface area contributed by atoms with Crippen LogP contribution in [0.3, 0.4) is 0 Å². The summed E-state index contributed by atoms with van der Waals surface area (Å²) < 4.78 is 10.7. The van der Waals surface area contributed by atoms with Gasteiger partial charge in [0.25, 0.3) is 0 Å². The zero-order valence-corrected chi connectivity index (χ0v) is 15.8. The smallest absolute Gasteiger partial charge is 0.321 e. The van der Waals surface area contributed by atoms with Crippen LogP contribution in [0.5, 0.6) is 11.5 Å². The Kier molecular flexibility index (Phi) is 6.19. The van der Waals surface area contributed by atoms with Crippen LogP contribution in [0.2, 0.25) is 0 Å². The van der Waals surface area contributed by atoms with Crippen LogP contribution in [0.1, 0.15) is 5.56 Å². The number of para-hydroxylation sites is 1. The van der Waals surface area contributed by atoms with Gasteiger partial charge < -0.3 is 19.5 Å². The van der Waals surface area contributed by atoms with E-state index >= 15 is 0 Å². The number of methoxy groups -OCH3 is 2. The summed E-state index contributed by atoms with van der Waals surface area (Å²) in [6, 6.07) is 15.1. The average Bonchev–Trinajstić information content (AvgIpc) is 2.72. The van der Waals surface area contributed by atoms with Crippen LogP contribution in [-0.2, 0) is 11.2 Å². The van der Waals surface area contributed by atoms with E-state index in [4.69, 9.17) is 9.47 Å². The summed E-state index contributed by atoms with van der Waals surface area (Å²) in [5.41, 5.74) is 2.02. The highest BCUT2D eigenvalue weighted by molar-refractivity contribution is 5.74. The highest BCUT2D eigenvalue weighted by atomic mass is 16.5. The molecule has 1 fully saturated rings. The SMILES string of the molecule is COc1ccc(OC)c(C[C@H](C(=O)O)N2CCN(c3ccccc3)CC2)c1. The summed E-state index contributed by atoms with van der Waals surface area (Å²) in [6.45, 7) is 3.03. The number of anilines is 1. The van der Waals surface area contributed by atoms with Gasteiger partial charge in [-0.1, -0.05) is 18.2 Å². The highest BCUT2D eigenvalue weighted by Crippen LogP contribution is 2.27. The standard InChI is InChI=1S/C21H26N2O4/c1-26-18-8-9-20(27-2)16(14-18)15-19(21(24)25)23-12-10-22(11-13-23)17-6-4-3-5-7-17/h3-9,14,19H,10-13,15H2,1-2H3,(H,24,25)/t19-/m1/s1. The van der Waals surface area contributed by atoms with E-state index in [1.807, 2.05) is 41.3 Å². The number of nitrogens with zero attached hydrogens (tertiary/aromatic N) is 2. The lowest BCUT2D eigenvalue weighted by Gasteiger charge is -2.39. The fraction of sp³-hybridized carbons (Fsp3) is 0.381. The zero-order valence-electron chi connectivity index (χ0n) is 15.8. The first-order valence-corrected chi connectivity index (χ1v) is 9.10. The predicted octanol–water partition coefficient (Wildman–Crippen LogP) is 2.52. The molecule has 1 atom stereocenters. The minimum Gasteiger partial charge on any atom is -0.497 e. The van der Waals surface area contributed by atoms with E-state index < -0.39 is 12.0 Å². The Morgan fingerprint density at radius 3 is 2.33 bits per heavy atom. The molecule has 1 heterocycles. The molecule has 3 rings (SSSR count). The number of carbonyl (C=O) groups is 1. The van der Waals surface area contributed by atoms with Crippen LogP contribution >= 0.6 is 0 Å². The van der Waals surface area contributed by atoms with Gasteiger partial charge in [-0.3, -0.25) is 9.69 Å². The third kappa shape index (κ3) is 4.52. The molecule has 1 aliphatic rings. The molecule has 2 aromatic carbocycles. The summed E-state index contributed by atoms with van der Waals surface area (Å²) in [5.74, 6) is 0.571. The van der Waals surface area contributed by atoms with Gasteiger partial charge in [-0.15, -0.1) is 0 Å². The number of hydrogen-bond acceptors (Lipinski definition) is 5. The van der Waals surface area contributed by atoms with Gasteiger partial charge in [-0.05, 0) is 35.9 Å². The Balaban J connectivity index is 1.71. The lowest BCUT2D eigenvalue weighted by Crippen LogP contribution is -2.53. The molecule has 144 valence electrons. The van der Waals surface area contributed by atoms with Crippen molar-refractivity contribution in [2.45, 2.75) is 12.5 Å². The molecular weight excluding hydrogens is 344 g/mol. The first-order chi connectivity index (χ1) is 13.1. The van der Waals surface area contributed by atoms with Gasteiger partial charge in [0, 0.05) is 38.3 Å². The molecule has 0 radical (unpaired) electrons. The quantitative estimate of drug-likeness (QED) is 0.808. The Labute approximate surface area is 159 Å². The van der Waals surface area contributed by atoms with Crippen molar-refractivity contribution < 1.29 is 19.4 Å². The molecule has 0 saturated carbocycles. The van der Waals surface area contributed by atoms with Crippen molar-refractivity contribution in [3.8, 4) is 11.5 Å². The van der Waals surface area contributed by atoms with E-state index in [9.17, 15) is 9.90 Å². The molecule has 0 aromatic heterocycles. The highest BCUT2D eigenvalue weighted by Gasteiger charge is 2.30. The lowest BCUT2D eigenvalue weighted by atomic mass is 10.0. The van der Waals surface area contributed by atoms with Crippen LogP contribution in [0, 0.1) is 0 Å². The second kappa shape index (κ2) is 8.77. The Morgan fingerprint density at radius 2 is 1.74 bits per heavy atom. The molecule has 6 nitrogen and oxygen atoms in total. The average molecular weight is 370 g/mol. The van der Waals surface area contributed by atoms with Gasteiger partial charge in [0.1, 0.15) is 17.5 Å².